The van der Waals surface area contributed by atoms with E-state index in [1.807, 2.05) is 99.8 Å². The Morgan fingerprint density at radius 1 is 0.621 bits per heavy atom. The summed E-state index contributed by atoms with van der Waals surface area (Å²) in [6.07, 6.45) is 22.4. The highest BCUT2D eigenvalue weighted by Crippen LogP contribution is 2.37. The van der Waals surface area contributed by atoms with Gasteiger partial charge in [-0.1, -0.05) is 23.7 Å². The summed E-state index contributed by atoms with van der Waals surface area (Å²) in [5.41, 5.74) is 12.9. The topological polar surface area (TPSA) is 163 Å². The smallest absolute Gasteiger partial charge is 0.399 e. The Morgan fingerprint density at radius 2 is 1.17 bits per heavy atom. The summed E-state index contributed by atoms with van der Waals surface area (Å²) < 4.78 is 15.6. The highest BCUT2D eigenvalue weighted by Gasteiger charge is 2.52. The van der Waals surface area contributed by atoms with Gasteiger partial charge in [-0.3, -0.25) is 20.2 Å². The van der Waals surface area contributed by atoms with Crippen molar-refractivity contribution in [3.05, 3.63) is 138 Å². The van der Waals surface area contributed by atoms with Crippen LogP contribution in [0.15, 0.2) is 110 Å². The van der Waals surface area contributed by atoms with Crippen molar-refractivity contribution in [2.75, 3.05) is 0 Å². The predicted molar refractivity (Wildman–Crippen MR) is 221 cm³/mol. The van der Waals surface area contributed by atoms with Crippen LogP contribution in [0.4, 0.5) is 0 Å². The Bertz CT molecular complexity index is 2670. The van der Waals surface area contributed by atoms with E-state index in [4.69, 9.17) is 25.9 Å². The second-order valence-electron chi connectivity index (χ2n) is 15.3. The number of hydrogen-bond acceptors (Lipinski definition) is 10. The highest BCUT2D eigenvalue weighted by atomic mass is 35.5. The number of pyridine rings is 4. The maximum absolute atomic E-state index is 6.01. The SMILES string of the molecule is CC1(C)OB(c2cnn(-c3cccnc3)c2)OC1(C)C.Clc1ccc2c(n1)-c1[nH]ncc1CC2.c1cncc(-n2cc(-c3ccc4c(n3)-c3[nH]ncc3CC4)cn2)c1. The summed E-state index contributed by atoms with van der Waals surface area (Å²) in [5.74, 6) is 0. The minimum Gasteiger partial charge on any atom is -0.399 e. The van der Waals surface area contributed by atoms with Crippen molar-refractivity contribution < 1.29 is 9.31 Å². The molecule has 1 fully saturated rings. The molecule has 16 heteroatoms. The Morgan fingerprint density at radius 3 is 1.78 bits per heavy atom. The first kappa shape index (κ1) is 37.3. The van der Waals surface area contributed by atoms with E-state index in [0.717, 1.165) is 76.6 Å². The normalized spacial score (nSPS) is 15.5. The maximum Gasteiger partial charge on any atom is 0.498 e. The third-order valence-corrected chi connectivity index (χ3v) is 11.2. The van der Waals surface area contributed by atoms with Crippen LogP contribution in [0, 0.1) is 0 Å². The van der Waals surface area contributed by atoms with Gasteiger partial charge < -0.3 is 9.31 Å². The molecule has 0 amide bonds. The number of aromatic nitrogens is 12. The van der Waals surface area contributed by atoms with E-state index >= 15 is 0 Å². The lowest BCUT2D eigenvalue weighted by atomic mass is 9.82. The third-order valence-electron chi connectivity index (χ3n) is 11.0. The Hall–Kier alpha value is -6.29. The van der Waals surface area contributed by atoms with Crippen molar-refractivity contribution in [1.82, 2.24) is 59.9 Å². The number of rotatable bonds is 4. The standard InChI is InChI=1S/C18H14N6.C14H18BN3O2.C10H8ClN3/c1-2-15(10-19-7-1)24-11-14(9-21-24)16-6-5-12-3-4-13-8-20-23-18(13)17(12)22-16;1-13(2)14(3,4)20-15(19-13)11-8-17-18(10-11)12-6-5-7-16-9-12;11-8-4-3-6-1-2-7-5-12-14-10(7)9(6)13-8/h1-2,5-11H,3-4H2,(H,20,23);5-10H,1-4H3;3-5H,1-2H2,(H,12,14). The van der Waals surface area contributed by atoms with Gasteiger partial charge in [0.25, 0.3) is 0 Å². The van der Waals surface area contributed by atoms with Gasteiger partial charge in [-0.2, -0.15) is 20.4 Å². The molecule has 14 nitrogen and oxygen atoms in total. The van der Waals surface area contributed by atoms with E-state index in [2.05, 4.69) is 57.7 Å². The summed E-state index contributed by atoms with van der Waals surface area (Å²) >= 11 is 5.86. The molecule has 0 saturated carbocycles. The predicted octanol–water partition coefficient (Wildman–Crippen LogP) is 6.61. The van der Waals surface area contributed by atoms with Crippen molar-refractivity contribution in [2.45, 2.75) is 64.6 Å². The van der Waals surface area contributed by atoms with E-state index in [1.54, 1.807) is 35.7 Å². The fourth-order valence-electron chi connectivity index (χ4n) is 7.05. The average Bonchev–Trinajstić information content (AvgIpc) is 4.09. The first-order chi connectivity index (χ1) is 28.1. The largest absolute Gasteiger partial charge is 0.498 e. The van der Waals surface area contributed by atoms with Crippen LogP contribution in [-0.2, 0) is 35.0 Å². The summed E-state index contributed by atoms with van der Waals surface area (Å²) in [6, 6.07) is 15.8. The third kappa shape index (κ3) is 7.35. The van der Waals surface area contributed by atoms with Gasteiger partial charge in [0.05, 0.1) is 82.0 Å². The molecule has 1 aliphatic heterocycles. The minimum absolute atomic E-state index is 0.339. The number of halogens is 1. The quantitative estimate of drug-likeness (QED) is 0.147. The van der Waals surface area contributed by atoms with Gasteiger partial charge >= 0.3 is 7.12 Å². The van der Waals surface area contributed by atoms with Crippen LogP contribution in [0.25, 0.3) is 45.4 Å². The molecular weight excluding hydrogens is 751 g/mol. The van der Waals surface area contributed by atoms with Crippen LogP contribution < -0.4 is 5.46 Å². The Kier molecular flexibility index (Phi) is 9.80. The molecule has 290 valence electrons. The molecule has 9 heterocycles. The second-order valence-corrected chi connectivity index (χ2v) is 15.7. The average molecular weight is 791 g/mol. The number of hydrogen-bond donors (Lipinski definition) is 2. The lowest BCUT2D eigenvalue weighted by molar-refractivity contribution is 0.00578. The molecule has 8 aromatic heterocycles. The fraction of sp³-hybridized carbons (Fsp3) is 0.238. The van der Waals surface area contributed by atoms with Gasteiger partial charge in [-0.15, -0.1) is 0 Å². The molecular formula is C42H40BClN12O2. The molecule has 0 atom stereocenters. The number of nitrogens with one attached hydrogen (secondary N) is 2. The molecule has 11 rings (SSSR count). The lowest BCUT2D eigenvalue weighted by Gasteiger charge is -2.32. The molecule has 8 aromatic rings. The van der Waals surface area contributed by atoms with Gasteiger partial charge in [0.15, 0.2) is 0 Å². The zero-order valence-electron chi connectivity index (χ0n) is 32.5. The minimum atomic E-state index is -0.384. The zero-order chi connectivity index (χ0) is 39.9. The van der Waals surface area contributed by atoms with Crippen LogP contribution in [0.3, 0.4) is 0 Å². The van der Waals surface area contributed by atoms with Crippen molar-refractivity contribution in [3.8, 4) is 45.4 Å². The number of fused-ring (bicyclic) bond motifs is 6. The van der Waals surface area contributed by atoms with Crippen LogP contribution in [0.2, 0.25) is 5.15 Å². The van der Waals surface area contributed by atoms with E-state index in [1.165, 1.54) is 22.3 Å². The van der Waals surface area contributed by atoms with Gasteiger partial charge in [0, 0.05) is 42.0 Å². The molecule has 0 unspecified atom stereocenters. The first-order valence-electron chi connectivity index (χ1n) is 19.1. The second kappa shape index (κ2) is 15.2. The van der Waals surface area contributed by atoms with Crippen molar-refractivity contribution in [3.63, 3.8) is 0 Å². The van der Waals surface area contributed by atoms with Gasteiger partial charge in [0.1, 0.15) is 5.15 Å². The number of aromatic amines is 2. The molecule has 0 bridgehead atoms. The van der Waals surface area contributed by atoms with Crippen molar-refractivity contribution in [1.29, 1.82) is 0 Å². The highest BCUT2D eigenvalue weighted by molar-refractivity contribution is 6.62. The summed E-state index contributed by atoms with van der Waals surface area (Å²) in [5, 5.41) is 23.5. The summed E-state index contributed by atoms with van der Waals surface area (Å²) in [4.78, 5) is 17.4. The van der Waals surface area contributed by atoms with E-state index < -0.39 is 0 Å². The first-order valence-corrected chi connectivity index (χ1v) is 19.5. The fourth-order valence-corrected chi connectivity index (χ4v) is 7.20. The van der Waals surface area contributed by atoms with E-state index in [9.17, 15) is 0 Å². The molecule has 2 aliphatic carbocycles. The summed E-state index contributed by atoms with van der Waals surface area (Å²) in [7, 11) is -0.384. The Labute approximate surface area is 340 Å². The number of H-pyrrole nitrogens is 2. The van der Waals surface area contributed by atoms with E-state index in [-0.39, 0.29) is 18.3 Å². The molecule has 1 saturated heterocycles. The molecule has 2 N–H and O–H groups in total. The van der Waals surface area contributed by atoms with Crippen LogP contribution in [0.1, 0.15) is 49.9 Å². The Balaban J connectivity index is 0.000000117. The zero-order valence-corrected chi connectivity index (χ0v) is 33.2. The van der Waals surface area contributed by atoms with Crippen molar-refractivity contribution in [2.24, 2.45) is 0 Å². The molecule has 3 aliphatic rings. The van der Waals surface area contributed by atoms with Crippen molar-refractivity contribution >= 4 is 24.2 Å². The monoisotopic (exact) mass is 790 g/mol. The lowest BCUT2D eigenvalue weighted by Crippen LogP contribution is -2.41. The maximum atomic E-state index is 6.01. The van der Waals surface area contributed by atoms with Gasteiger partial charge in [-0.05, 0) is 112 Å². The molecule has 58 heavy (non-hydrogen) atoms. The number of aryl methyl sites for hydroxylation is 4. The van der Waals surface area contributed by atoms with E-state index in [0.29, 0.717) is 5.15 Å². The molecule has 0 radical (unpaired) electrons. The van der Waals surface area contributed by atoms with Gasteiger partial charge in [0.2, 0.25) is 0 Å². The van der Waals surface area contributed by atoms with Crippen LogP contribution in [0.5, 0.6) is 0 Å². The van der Waals surface area contributed by atoms with Crippen LogP contribution in [-0.4, -0.2) is 78.2 Å². The summed E-state index contributed by atoms with van der Waals surface area (Å²) in [6.45, 7) is 8.16. The van der Waals surface area contributed by atoms with Gasteiger partial charge in [-0.25, -0.2) is 19.3 Å². The van der Waals surface area contributed by atoms with Crippen LogP contribution >= 0.6 is 11.6 Å². The number of nitrogens with zero attached hydrogens (tertiary/aromatic N) is 10. The molecule has 0 spiro atoms. The molecule has 0 aromatic carbocycles.